The first-order valence-electron chi connectivity index (χ1n) is 8.69. The zero-order valence-corrected chi connectivity index (χ0v) is 15.5. The molecule has 0 saturated heterocycles. The van der Waals surface area contributed by atoms with E-state index in [4.69, 9.17) is 4.74 Å². The molecule has 3 aromatic carbocycles. The Kier molecular flexibility index (Phi) is 6.22. The predicted octanol–water partition coefficient (Wildman–Crippen LogP) is 3.84. The van der Waals surface area contributed by atoms with Crippen molar-refractivity contribution in [1.82, 2.24) is 0 Å². The number of carbonyl (C=O) groups is 3. The molecule has 29 heavy (non-hydrogen) atoms. The quantitative estimate of drug-likeness (QED) is 0.510. The van der Waals surface area contributed by atoms with E-state index in [9.17, 15) is 14.4 Å². The van der Waals surface area contributed by atoms with Crippen LogP contribution in [0.2, 0.25) is 0 Å². The van der Waals surface area contributed by atoms with Gasteiger partial charge in [-0.25, -0.2) is 4.79 Å². The average Bonchev–Trinajstić information content (AvgIpc) is 2.75. The van der Waals surface area contributed by atoms with Crippen molar-refractivity contribution in [2.24, 2.45) is 0 Å². The second kappa shape index (κ2) is 9.18. The Hall–Kier alpha value is -4.13. The van der Waals surface area contributed by atoms with Gasteiger partial charge in [0.2, 0.25) is 0 Å². The molecule has 7 nitrogen and oxygen atoms in total. The third kappa shape index (κ3) is 5.20. The second-order valence-electron chi connectivity index (χ2n) is 5.88. The van der Waals surface area contributed by atoms with Crippen molar-refractivity contribution in [1.29, 1.82) is 0 Å². The van der Waals surface area contributed by atoms with E-state index >= 15 is 0 Å². The molecular formula is C22H18N2O5. The Morgan fingerprint density at radius 2 is 1.28 bits per heavy atom. The van der Waals surface area contributed by atoms with Crippen LogP contribution in [0, 0.1) is 0 Å². The Balaban J connectivity index is 1.61. The van der Waals surface area contributed by atoms with Crippen LogP contribution in [0.15, 0.2) is 78.9 Å². The summed E-state index contributed by atoms with van der Waals surface area (Å²) in [7, 11) is 1.23. The summed E-state index contributed by atoms with van der Waals surface area (Å²) < 4.78 is 10.3. The Morgan fingerprint density at radius 1 is 0.690 bits per heavy atom. The van der Waals surface area contributed by atoms with Crippen molar-refractivity contribution in [3.8, 4) is 11.5 Å². The van der Waals surface area contributed by atoms with Crippen LogP contribution in [0.1, 0.15) is 10.4 Å². The highest BCUT2D eigenvalue weighted by Gasteiger charge is 2.18. The van der Waals surface area contributed by atoms with Gasteiger partial charge in [-0.1, -0.05) is 30.3 Å². The van der Waals surface area contributed by atoms with Crippen LogP contribution in [-0.4, -0.2) is 24.9 Å². The Morgan fingerprint density at radius 3 is 1.97 bits per heavy atom. The van der Waals surface area contributed by atoms with Gasteiger partial charge in [0, 0.05) is 5.69 Å². The number of esters is 1. The van der Waals surface area contributed by atoms with Crippen molar-refractivity contribution < 1.29 is 23.9 Å². The number of amides is 2. The molecule has 0 bridgehead atoms. The summed E-state index contributed by atoms with van der Waals surface area (Å²) in [6.07, 6.45) is 0. The first-order chi connectivity index (χ1) is 14.1. The molecule has 0 aliphatic carbocycles. The summed E-state index contributed by atoms with van der Waals surface area (Å²) in [6, 6.07) is 22.1. The van der Waals surface area contributed by atoms with Crippen LogP contribution < -0.4 is 15.4 Å². The molecule has 0 fully saturated rings. The summed E-state index contributed by atoms with van der Waals surface area (Å²) in [5, 5.41) is 4.91. The van der Waals surface area contributed by atoms with E-state index in [1.165, 1.54) is 19.2 Å². The molecule has 3 aromatic rings. The van der Waals surface area contributed by atoms with E-state index < -0.39 is 17.8 Å². The molecule has 3 rings (SSSR count). The minimum Gasteiger partial charge on any atom is -0.465 e. The van der Waals surface area contributed by atoms with Crippen LogP contribution in [-0.2, 0) is 14.3 Å². The van der Waals surface area contributed by atoms with Gasteiger partial charge in [-0.05, 0) is 48.5 Å². The topological polar surface area (TPSA) is 93.7 Å². The maximum absolute atomic E-state index is 12.2. The zero-order chi connectivity index (χ0) is 20.6. The molecule has 0 radical (unpaired) electrons. The van der Waals surface area contributed by atoms with Gasteiger partial charge in [0.05, 0.1) is 18.4 Å². The van der Waals surface area contributed by atoms with Crippen molar-refractivity contribution in [2.45, 2.75) is 0 Å². The monoisotopic (exact) mass is 390 g/mol. The number of hydrogen-bond donors (Lipinski definition) is 2. The van der Waals surface area contributed by atoms with Crippen LogP contribution >= 0.6 is 0 Å². The first-order valence-corrected chi connectivity index (χ1v) is 8.69. The molecule has 0 heterocycles. The normalized spacial score (nSPS) is 9.97. The van der Waals surface area contributed by atoms with E-state index in [0.717, 1.165) is 0 Å². The van der Waals surface area contributed by atoms with Crippen LogP contribution in [0.3, 0.4) is 0 Å². The molecule has 0 saturated carbocycles. The van der Waals surface area contributed by atoms with E-state index in [1.807, 2.05) is 30.3 Å². The number of benzene rings is 3. The summed E-state index contributed by atoms with van der Waals surface area (Å²) in [4.78, 5) is 36.1. The molecule has 2 amide bonds. The Labute approximate surface area is 167 Å². The molecule has 0 aromatic heterocycles. The van der Waals surface area contributed by atoms with Crippen molar-refractivity contribution >= 4 is 29.2 Å². The number of rotatable bonds is 5. The lowest BCUT2D eigenvalue weighted by Gasteiger charge is -2.10. The maximum Gasteiger partial charge on any atom is 0.339 e. The third-order valence-electron chi connectivity index (χ3n) is 3.88. The fourth-order valence-corrected chi connectivity index (χ4v) is 2.48. The fourth-order valence-electron chi connectivity index (χ4n) is 2.48. The fraction of sp³-hybridized carbons (Fsp3) is 0.0455. The van der Waals surface area contributed by atoms with Crippen LogP contribution in [0.25, 0.3) is 0 Å². The largest absolute Gasteiger partial charge is 0.465 e. The van der Waals surface area contributed by atoms with E-state index in [2.05, 4.69) is 15.4 Å². The minimum absolute atomic E-state index is 0.151. The highest BCUT2D eigenvalue weighted by Crippen LogP contribution is 2.22. The second-order valence-corrected chi connectivity index (χ2v) is 5.88. The highest BCUT2D eigenvalue weighted by atomic mass is 16.5. The lowest BCUT2D eigenvalue weighted by atomic mass is 10.2. The van der Waals surface area contributed by atoms with Crippen molar-refractivity contribution in [3.63, 3.8) is 0 Å². The average molecular weight is 390 g/mol. The van der Waals surface area contributed by atoms with Gasteiger partial charge in [-0.15, -0.1) is 0 Å². The number of anilines is 2. The number of methoxy groups -OCH3 is 1. The molecule has 0 spiro atoms. The predicted molar refractivity (Wildman–Crippen MR) is 108 cm³/mol. The maximum atomic E-state index is 12.2. The first kappa shape index (κ1) is 19.6. The molecule has 0 unspecified atom stereocenters. The van der Waals surface area contributed by atoms with E-state index in [-0.39, 0.29) is 11.3 Å². The molecule has 7 heteroatoms. The number of ether oxygens (including phenoxy) is 2. The lowest BCUT2D eigenvalue weighted by molar-refractivity contribution is -0.133. The lowest BCUT2D eigenvalue weighted by Crippen LogP contribution is -2.29. The van der Waals surface area contributed by atoms with Gasteiger partial charge in [0.25, 0.3) is 0 Å². The van der Waals surface area contributed by atoms with Crippen LogP contribution in [0.5, 0.6) is 11.5 Å². The highest BCUT2D eigenvalue weighted by molar-refractivity contribution is 6.43. The molecule has 2 N–H and O–H groups in total. The molecule has 146 valence electrons. The van der Waals surface area contributed by atoms with Crippen molar-refractivity contribution in [3.05, 3.63) is 84.4 Å². The van der Waals surface area contributed by atoms with Gasteiger partial charge < -0.3 is 20.1 Å². The SMILES string of the molecule is COC(=O)c1ccccc1NC(=O)C(=O)Nc1ccc(Oc2ccccc2)cc1. The van der Waals surface area contributed by atoms with Crippen LogP contribution in [0.4, 0.5) is 11.4 Å². The summed E-state index contributed by atoms with van der Waals surface area (Å²) in [5.74, 6) is -1.12. The van der Waals surface area contributed by atoms with Gasteiger partial charge in [-0.3, -0.25) is 9.59 Å². The number of nitrogens with one attached hydrogen (secondary N) is 2. The number of para-hydroxylation sites is 2. The molecule has 0 aliphatic heterocycles. The van der Waals surface area contributed by atoms with Gasteiger partial charge >= 0.3 is 17.8 Å². The zero-order valence-electron chi connectivity index (χ0n) is 15.5. The van der Waals surface area contributed by atoms with Gasteiger partial charge in [0.15, 0.2) is 0 Å². The molecule has 0 aliphatic rings. The summed E-state index contributed by atoms with van der Waals surface area (Å²) in [6.45, 7) is 0. The van der Waals surface area contributed by atoms with Crippen molar-refractivity contribution in [2.75, 3.05) is 17.7 Å². The number of hydrogen-bond acceptors (Lipinski definition) is 5. The van der Waals surface area contributed by atoms with Gasteiger partial charge in [0.1, 0.15) is 11.5 Å². The minimum atomic E-state index is -0.911. The Bertz CT molecular complexity index is 1020. The summed E-state index contributed by atoms with van der Waals surface area (Å²) in [5.41, 5.74) is 0.761. The standard InChI is InChI=1S/C22H18N2O5/c1-28-22(27)18-9-5-6-10-19(18)24-21(26)20(25)23-15-11-13-17(14-12-15)29-16-7-3-2-4-8-16/h2-14H,1H3,(H,23,25)(H,24,26). The van der Waals surface area contributed by atoms with Gasteiger partial charge in [-0.2, -0.15) is 0 Å². The van der Waals surface area contributed by atoms with E-state index in [0.29, 0.717) is 17.2 Å². The third-order valence-corrected chi connectivity index (χ3v) is 3.88. The smallest absolute Gasteiger partial charge is 0.339 e. The molecule has 0 atom stereocenters. The number of carbonyl (C=O) groups excluding carboxylic acids is 3. The summed E-state index contributed by atoms with van der Waals surface area (Å²) >= 11 is 0. The van der Waals surface area contributed by atoms with E-state index in [1.54, 1.807) is 36.4 Å². The molecular weight excluding hydrogens is 372 g/mol.